The molecule has 0 aliphatic rings. The molecule has 2 unspecified atom stereocenters. The summed E-state index contributed by atoms with van der Waals surface area (Å²) in [6.07, 6.45) is 1.85. The molecule has 0 fully saturated rings. The van der Waals surface area contributed by atoms with E-state index in [2.05, 4.69) is 5.32 Å². The molecule has 2 amide bonds. The van der Waals surface area contributed by atoms with Gasteiger partial charge in [0.15, 0.2) is 0 Å². The smallest absolute Gasteiger partial charge is 0.242 e. The van der Waals surface area contributed by atoms with E-state index >= 15 is 0 Å². The van der Waals surface area contributed by atoms with Gasteiger partial charge >= 0.3 is 0 Å². The molecule has 2 atom stereocenters. The summed E-state index contributed by atoms with van der Waals surface area (Å²) in [5, 5.41) is 4.67. The van der Waals surface area contributed by atoms with Crippen LogP contribution in [0.25, 0.3) is 0 Å². The van der Waals surface area contributed by atoms with E-state index in [1.54, 1.807) is 41.8 Å². The van der Waals surface area contributed by atoms with Crippen molar-refractivity contribution in [3.63, 3.8) is 0 Å². The minimum absolute atomic E-state index is 0.0387. The fourth-order valence-corrected chi connectivity index (χ4v) is 4.42. The second kappa shape index (κ2) is 13.3. The molecule has 174 valence electrons. The van der Waals surface area contributed by atoms with Gasteiger partial charge in [0.05, 0.1) is 0 Å². The summed E-state index contributed by atoms with van der Waals surface area (Å²) in [5.41, 5.74) is 0.753. The zero-order chi connectivity index (χ0) is 23.7. The van der Waals surface area contributed by atoms with Crippen LogP contribution >= 0.6 is 46.6 Å². The van der Waals surface area contributed by atoms with Gasteiger partial charge in [0, 0.05) is 39.0 Å². The van der Waals surface area contributed by atoms with Crippen molar-refractivity contribution in [2.75, 3.05) is 5.75 Å². The highest BCUT2D eigenvalue weighted by Gasteiger charge is 2.27. The molecule has 32 heavy (non-hydrogen) atoms. The maximum Gasteiger partial charge on any atom is 0.242 e. The number of nitrogens with one attached hydrogen (secondary N) is 1. The second-order valence-corrected chi connectivity index (χ2v) is 10.1. The summed E-state index contributed by atoms with van der Waals surface area (Å²) < 4.78 is 0. The number of benzene rings is 2. The fraction of sp³-hybridized carbons (Fsp3) is 0.417. The lowest BCUT2D eigenvalue weighted by Crippen LogP contribution is -2.49. The zero-order valence-corrected chi connectivity index (χ0v) is 21.6. The van der Waals surface area contributed by atoms with E-state index in [1.165, 1.54) is 0 Å². The van der Waals surface area contributed by atoms with Gasteiger partial charge in [-0.2, -0.15) is 0 Å². The molecule has 8 heteroatoms. The summed E-state index contributed by atoms with van der Waals surface area (Å²) in [4.78, 5) is 28.6. The van der Waals surface area contributed by atoms with Gasteiger partial charge in [-0.05, 0) is 74.4 Å². The monoisotopic (exact) mass is 514 g/mol. The number of nitrogens with zero attached hydrogens (tertiary/aromatic N) is 1. The average Bonchev–Trinajstić information content (AvgIpc) is 2.76. The minimum Gasteiger partial charge on any atom is -0.352 e. The van der Waals surface area contributed by atoms with Crippen LogP contribution < -0.4 is 5.32 Å². The Morgan fingerprint density at radius 2 is 1.69 bits per heavy atom. The van der Waals surface area contributed by atoms with Crippen molar-refractivity contribution >= 4 is 58.4 Å². The quantitative estimate of drug-likeness (QED) is 0.263. The molecule has 0 aliphatic carbocycles. The van der Waals surface area contributed by atoms with Crippen LogP contribution in [-0.2, 0) is 16.1 Å². The Balaban J connectivity index is 2.05. The molecular formula is C24H29Cl3N2O2S. The van der Waals surface area contributed by atoms with E-state index in [9.17, 15) is 9.59 Å². The van der Waals surface area contributed by atoms with Gasteiger partial charge in [-0.25, -0.2) is 0 Å². The molecule has 0 saturated heterocycles. The molecule has 0 bridgehead atoms. The normalized spacial score (nSPS) is 12.8. The summed E-state index contributed by atoms with van der Waals surface area (Å²) in [5.74, 6) is 0.531. The van der Waals surface area contributed by atoms with Gasteiger partial charge in [-0.3, -0.25) is 9.59 Å². The third-order valence-corrected chi connectivity index (χ3v) is 7.08. The highest BCUT2D eigenvalue weighted by Crippen LogP contribution is 2.25. The topological polar surface area (TPSA) is 49.4 Å². The van der Waals surface area contributed by atoms with E-state index in [4.69, 9.17) is 34.8 Å². The molecule has 0 aromatic heterocycles. The molecule has 0 radical (unpaired) electrons. The Labute approximate surface area is 210 Å². The number of rotatable bonds is 11. The third-order valence-electron chi connectivity index (χ3n) is 5.14. The maximum atomic E-state index is 13.1. The van der Waals surface area contributed by atoms with Crippen molar-refractivity contribution < 1.29 is 9.59 Å². The zero-order valence-electron chi connectivity index (χ0n) is 18.5. The Hall–Kier alpha value is -1.40. The van der Waals surface area contributed by atoms with Crippen LogP contribution in [0.2, 0.25) is 15.1 Å². The lowest BCUT2D eigenvalue weighted by Gasteiger charge is -2.30. The van der Waals surface area contributed by atoms with Gasteiger partial charge in [-0.15, -0.1) is 11.8 Å². The molecule has 4 nitrogen and oxygen atoms in total. The van der Waals surface area contributed by atoms with Crippen LogP contribution in [0.5, 0.6) is 0 Å². The van der Waals surface area contributed by atoms with Gasteiger partial charge in [0.2, 0.25) is 11.8 Å². The summed E-state index contributed by atoms with van der Waals surface area (Å²) in [6, 6.07) is 12.2. The van der Waals surface area contributed by atoms with Crippen molar-refractivity contribution in [1.82, 2.24) is 10.2 Å². The molecular weight excluding hydrogens is 487 g/mol. The van der Waals surface area contributed by atoms with Crippen LogP contribution in [0.4, 0.5) is 0 Å². The van der Waals surface area contributed by atoms with Crippen molar-refractivity contribution in [1.29, 1.82) is 0 Å². The molecule has 0 heterocycles. The molecule has 2 aromatic carbocycles. The summed E-state index contributed by atoms with van der Waals surface area (Å²) in [6.45, 7) is 5.95. The number of carbonyl (C=O) groups excluding carboxylic acids is 2. The number of hydrogen-bond acceptors (Lipinski definition) is 3. The van der Waals surface area contributed by atoms with E-state index in [0.29, 0.717) is 27.9 Å². The maximum absolute atomic E-state index is 13.1. The van der Waals surface area contributed by atoms with Gasteiger partial charge in [-0.1, -0.05) is 47.8 Å². The minimum atomic E-state index is -0.618. The van der Waals surface area contributed by atoms with E-state index in [-0.39, 0.29) is 24.4 Å². The Morgan fingerprint density at radius 1 is 1.03 bits per heavy atom. The Kier molecular flexibility index (Phi) is 11.2. The molecule has 2 rings (SSSR count). The number of halogens is 3. The lowest BCUT2D eigenvalue weighted by atomic mass is 10.1. The van der Waals surface area contributed by atoms with Gasteiger partial charge < -0.3 is 10.2 Å². The van der Waals surface area contributed by atoms with Crippen LogP contribution in [0, 0.1) is 0 Å². The number of carbonyl (C=O) groups is 2. The lowest BCUT2D eigenvalue weighted by molar-refractivity contribution is -0.140. The first-order valence-electron chi connectivity index (χ1n) is 10.6. The van der Waals surface area contributed by atoms with Crippen molar-refractivity contribution in [2.45, 2.75) is 63.6 Å². The largest absolute Gasteiger partial charge is 0.352 e. The number of amides is 2. The average molecular weight is 516 g/mol. The van der Waals surface area contributed by atoms with Crippen molar-refractivity contribution in [2.24, 2.45) is 0 Å². The molecule has 0 spiro atoms. The van der Waals surface area contributed by atoms with Crippen LogP contribution in [0.1, 0.15) is 45.6 Å². The van der Waals surface area contributed by atoms with Crippen molar-refractivity contribution in [3.8, 4) is 0 Å². The first-order chi connectivity index (χ1) is 15.2. The third kappa shape index (κ3) is 8.51. The molecule has 0 aliphatic heterocycles. The summed E-state index contributed by atoms with van der Waals surface area (Å²) in [7, 11) is 0. The van der Waals surface area contributed by atoms with E-state index in [1.807, 2.05) is 38.1 Å². The predicted molar refractivity (Wildman–Crippen MR) is 136 cm³/mol. The number of thioether (sulfide) groups is 1. The van der Waals surface area contributed by atoms with Crippen LogP contribution in [0.3, 0.4) is 0 Å². The van der Waals surface area contributed by atoms with Crippen LogP contribution in [-0.4, -0.2) is 34.6 Å². The van der Waals surface area contributed by atoms with Crippen molar-refractivity contribution in [3.05, 3.63) is 63.1 Å². The first kappa shape index (κ1) is 26.8. The van der Waals surface area contributed by atoms with Crippen LogP contribution in [0.15, 0.2) is 47.4 Å². The predicted octanol–water partition coefficient (Wildman–Crippen LogP) is 6.85. The highest BCUT2D eigenvalue weighted by atomic mass is 35.5. The standard InChI is InChI=1S/C24H29Cl3N2O2S/c1-4-16(2)28-24(31)17(3)29(15-18-7-8-20(26)14-22(18)27)23(30)6-5-13-32-21-11-9-19(25)10-12-21/h7-12,14,16-17H,4-6,13,15H2,1-3H3,(H,28,31). The molecule has 2 aromatic rings. The first-order valence-corrected chi connectivity index (χ1v) is 12.7. The van der Waals surface area contributed by atoms with Gasteiger partial charge in [0.25, 0.3) is 0 Å². The highest BCUT2D eigenvalue weighted by molar-refractivity contribution is 7.99. The van der Waals surface area contributed by atoms with E-state index in [0.717, 1.165) is 22.6 Å². The Bertz CT molecular complexity index is 909. The second-order valence-electron chi connectivity index (χ2n) is 7.66. The SMILES string of the molecule is CCC(C)NC(=O)C(C)N(Cc1ccc(Cl)cc1Cl)C(=O)CCCSc1ccc(Cl)cc1. The molecule has 1 N–H and O–H groups in total. The number of hydrogen-bond donors (Lipinski definition) is 1. The molecule has 0 saturated carbocycles. The van der Waals surface area contributed by atoms with Gasteiger partial charge in [0.1, 0.15) is 6.04 Å². The summed E-state index contributed by atoms with van der Waals surface area (Å²) >= 11 is 19.9. The van der Waals surface area contributed by atoms with E-state index < -0.39 is 6.04 Å². The Morgan fingerprint density at radius 3 is 2.31 bits per heavy atom. The fourth-order valence-electron chi connectivity index (χ4n) is 2.97.